The van der Waals surface area contributed by atoms with Crippen LogP contribution in [0.1, 0.15) is 0 Å². The third-order valence-corrected chi connectivity index (χ3v) is 1.95. The van der Waals surface area contributed by atoms with Crippen molar-refractivity contribution in [3.63, 3.8) is 0 Å². The first-order chi connectivity index (χ1) is 7.24. The summed E-state index contributed by atoms with van der Waals surface area (Å²) >= 11 is 0. The molecule has 0 aliphatic rings. The van der Waals surface area contributed by atoms with E-state index in [4.69, 9.17) is 16.2 Å². The van der Waals surface area contributed by atoms with E-state index in [-0.39, 0.29) is 12.3 Å². The van der Waals surface area contributed by atoms with E-state index in [9.17, 15) is 0 Å². The second-order valence-electron chi connectivity index (χ2n) is 3.25. The fourth-order valence-electron chi connectivity index (χ4n) is 1.29. The van der Waals surface area contributed by atoms with Gasteiger partial charge in [0.15, 0.2) is 0 Å². The zero-order valence-electron chi connectivity index (χ0n) is 9.60. The van der Waals surface area contributed by atoms with Crippen molar-refractivity contribution in [2.45, 2.75) is 0 Å². The molecule has 92 valence electrons. The van der Waals surface area contributed by atoms with Crippen molar-refractivity contribution in [1.82, 2.24) is 12.3 Å². The van der Waals surface area contributed by atoms with Gasteiger partial charge in [-0.25, -0.2) is 0 Å². The number of anilines is 2. The second kappa shape index (κ2) is 6.37. The maximum absolute atomic E-state index is 5.64. The third kappa shape index (κ3) is 4.02. The molecule has 0 bridgehead atoms. The van der Waals surface area contributed by atoms with Crippen LogP contribution in [0.15, 0.2) is 48.5 Å². The fourth-order valence-corrected chi connectivity index (χ4v) is 1.29. The lowest BCUT2D eigenvalue weighted by Crippen LogP contribution is -1.89. The highest BCUT2D eigenvalue weighted by Crippen LogP contribution is 2.24. The summed E-state index contributed by atoms with van der Waals surface area (Å²) in [5.41, 5.74) is 12.6. The standard InChI is InChI=1S/C12H12N2O.2H3N/c13-9-3-1-5-11(7-9)15-12-6-2-4-10(14)8-12;;/h1-8H,13-14H2;2*1H3. The van der Waals surface area contributed by atoms with Gasteiger partial charge in [0.25, 0.3) is 0 Å². The highest BCUT2D eigenvalue weighted by atomic mass is 16.5. The SMILES string of the molecule is N.N.Nc1cccc(Oc2cccc(N)c2)c1. The van der Waals surface area contributed by atoms with Gasteiger partial charge >= 0.3 is 0 Å². The van der Waals surface area contributed by atoms with E-state index in [2.05, 4.69) is 0 Å². The number of hydrogen-bond donors (Lipinski definition) is 4. The van der Waals surface area contributed by atoms with Crippen molar-refractivity contribution in [1.29, 1.82) is 0 Å². The van der Waals surface area contributed by atoms with Gasteiger partial charge < -0.3 is 28.5 Å². The lowest BCUT2D eigenvalue weighted by atomic mass is 10.3. The van der Waals surface area contributed by atoms with Crippen molar-refractivity contribution in [2.24, 2.45) is 0 Å². The van der Waals surface area contributed by atoms with Crippen LogP contribution >= 0.6 is 0 Å². The molecule has 2 aromatic rings. The van der Waals surface area contributed by atoms with E-state index in [1.54, 1.807) is 12.1 Å². The van der Waals surface area contributed by atoms with E-state index >= 15 is 0 Å². The van der Waals surface area contributed by atoms with Gasteiger partial charge in [-0.2, -0.15) is 0 Å². The molecule has 0 atom stereocenters. The van der Waals surface area contributed by atoms with Crippen LogP contribution in [0.4, 0.5) is 11.4 Å². The van der Waals surface area contributed by atoms with Crippen molar-refractivity contribution in [3.8, 4) is 11.5 Å². The molecule has 0 saturated carbocycles. The minimum absolute atomic E-state index is 0. The monoisotopic (exact) mass is 234 g/mol. The molecule has 0 aromatic heterocycles. The highest BCUT2D eigenvalue weighted by Gasteiger charge is 1.97. The molecule has 0 fully saturated rings. The van der Waals surface area contributed by atoms with Crippen LogP contribution in [0.5, 0.6) is 11.5 Å². The molecule has 10 N–H and O–H groups in total. The number of benzene rings is 2. The number of ether oxygens (including phenoxy) is 1. The molecule has 5 heteroatoms. The van der Waals surface area contributed by atoms with Crippen LogP contribution in [-0.2, 0) is 0 Å². The van der Waals surface area contributed by atoms with Gasteiger partial charge in [-0.3, -0.25) is 0 Å². The summed E-state index contributed by atoms with van der Waals surface area (Å²) < 4.78 is 5.58. The molecule has 0 unspecified atom stereocenters. The summed E-state index contributed by atoms with van der Waals surface area (Å²) in [4.78, 5) is 0. The molecule has 0 aliphatic carbocycles. The van der Waals surface area contributed by atoms with Crippen LogP contribution in [0.3, 0.4) is 0 Å². The van der Waals surface area contributed by atoms with Crippen molar-refractivity contribution >= 4 is 11.4 Å². The summed E-state index contributed by atoms with van der Waals surface area (Å²) in [6.45, 7) is 0. The molecular formula is C12H18N4O. The number of nitrogens with two attached hydrogens (primary N) is 2. The van der Waals surface area contributed by atoms with Gasteiger partial charge in [0.2, 0.25) is 0 Å². The zero-order valence-corrected chi connectivity index (χ0v) is 9.60. The van der Waals surface area contributed by atoms with Crippen molar-refractivity contribution < 1.29 is 4.74 Å². The van der Waals surface area contributed by atoms with E-state index in [0.717, 1.165) is 0 Å². The predicted octanol–water partition coefficient (Wildman–Crippen LogP) is 2.97. The van der Waals surface area contributed by atoms with Gasteiger partial charge in [-0.1, -0.05) is 12.1 Å². The molecular weight excluding hydrogens is 216 g/mol. The highest BCUT2D eigenvalue weighted by molar-refractivity contribution is 5.48. The third-order valence-electron chi connectivity index (χ3n) is 1.95. The number of nitrogen functional groups attached to an aromatic ring is 2. The maximum atomic E-state index is 5.64. The predicted molar refractivity (Wildman–Crippen MR) is 71.8 cm³/mol. The molecule has 17 heavy (non-hydrogen) atoms. The Kier molecular flexibility index (Phi) is 5.53. The first-order valence-electron chi connectivity index (χ1n) is 4.63. The smallest absolute Gasteiger partial charge is 0.129 e. The molecule has 0 radical (unpaired) electrons. The number of rotatable bonds is 2. The van der Waals surface area contributed by atoms with Gasteiger partial charge in [0.05, 0.1) is 0 Å². The lowest BCUT2D eigenvalue weighted by Gasteiger charge is -2.06. The largest absolute Gasteiger partial charge is 0.457 e. The number of hydrogen-bond acceptors (Lipinski definition) is 5. The van der Waals surface area contributed by atoms with Crippen LogP contribution in [0.2, 0.25) is 0 Å². The quantitative estimate of drug-likeness (QED) is 0.593. The topological polar surface area (TPSA) is 131 Å². The Morgan fingerprint density at radius 2 is 1.12 bits per heavy atom. The Labute approximate surface area is 101 Å². The lowest BCUT2D eigenvalue weighted by molar-refractivity contribution is 0.483. The van der Waals surface area contributed by atoms with Crippen LogP contribution in [0.25, 0.3) is 0 Å². The Hall–Kier alpha value is -2.24. The van der Waals surface area contributed by atoms with Gasteiger partial charge in [0, 0.05) is 23.5 Å². The minimum atomic E-state index is 0. The van der Waals surface area contributed by atoms with Gasteiger partial charge in [-0.05, 0) is 24.3 Å². The summed E-state index contributed by atoms with van der Waals surface area (Å²) in [5.74, 6) is 1.42. The summed E-state index contributed by atoms with van der Waals surface area (Å²) in [6.07, 6.45) is 0. The second-order valence-corrected chi connectivity index (χ2v) is 3.25. The first-order valence-corrected chi connectivity index (χ1v) is 4.63. The van der Waals surface area contributed by atoms with Crippen LogP contribution in [-0.4, -0.2) is 0 Å². The average molecular weight is 234 g/mol. The zero-order chi connectivity index (χ0) is 10.7. The van der Waals surface area contributed by atoms with Crippen molar-refractivity contribution in [2.75, 3.05) is 11.5 Å². The van der Waals surface area contributed by atoms with Crippen LogP contribution in [0, 0.1) is 0 Å². The molecule has 0 spiro atoms. The summed E-state index contributed by atoms with van der Waals surface area (Å²) in [6, 6.07) is 14.5. The van der Waals surface area contributed by atoms with E-state index in [1.807, 2.05) is 36.4 Å². The Morgan fingerprint density at radius 1 is 0.706 bits per heavy atom. The van der Waals surface area contributed by atoms with E-state index in [1.165, 1.54) is 0 Å². The fraction of sp³-hybridized carbons (Fsp3) is 0. The molecule has 2 rings (SSSR count). The molecule has 2 aromatic carbocycles. The van der Waals surface area contributed by atoms with E-state index < -0.39 is 0 Å². The van der Waals surface area contributed by atoms with E-state index in [0.29, 0.717) is 22.9 Å². The average Bonchev–Trinajstić information content (AvgIpc) is 2.17. The van der Waals surface area contributed by atoms with Crippen molar-refractivity contribution in [3.05, 3.63) is 48.5 Å². The van der Waals surface area contributed by atoms with Gasteiger partial charge in [-0.15, -0.1) is 0 Å². The molecule has 5 nitrogen and oxygen atoms in total. The summed E-state index contributed by atoms with van der Waals surface area (Å²) in [7, 11) is 0. The first kappa shape index (κ1) is 14.8. The molecule has 0 amide bonds. The Morgan fingerprint density at radius 3 is 1.47 bits per heavy atom. The van der Waals surface area contributed by atoms with Gasteiger partial charge in [0.1, 0.15) is 11.5 Å². The maximum Gasteiger partial charge on any atom is 0.129 e. The van der Waals surface area contributed by atoms with Crippen LogP contribution < -0.4 is 28.5 Å². The Balaban J connectivity index is 0.00000128. The Bertz CT molecular complexity index is 430. The molecule has 0 heterocycles. The normalized spacial score (nSPS) is 8.71. The molecule has 0 aliphatic heterocycles. The molecule has 0 saturated heterocycles. The minimum Gasteiger partial charge on any atom is -0.457 e. The summed E-state index contributed by atoms with van der Waals surface area (Å²) in [5, 5.41) is 0.